The second kappa shape index (κ2) is 10.6. The molecule has 4 rings (SSSR count). The van der Waals surface area contributed by atoms with Gasteiger partial charge in [0.1, 0.15) is 0 Å². The fourth-order valence-corrected chi connectivity index (χ4v) is 5.88. The largest absolute Gasteiger partial charge is 0.342 e. The van der Waals surface area contributed by atoms with Gasteiger partial charge < -0.3 is 9.80 Å². The summed E-state index contributed by atoms with van der Waals surface area (Å²) >= 11 is 0. The lowest BCUT2D eigenvalue weighted by Crippen LogP contribution is -2.48. The summed E-state index contributed by atoms with van der Waals surface area (Å²) in [6.07, 6.45) is 2.18. The zero-order valence-corrected chi connectivity index (χ0v) is 20.6. The van der Waals surface area contributed by atoms with Crippen molar-refractivity contribution in [1.29, 1.82) is 0 Å². The van der Waals surface area contributed by atoms with E-state index in [2.05, 4.69) is 26.0 Å². The molecule has 2 atom stereocenters. The molecule has 2 N–H and O–H groups in total. The Hall–Kier alpha value is -3.19. The molecule has 2 aliphatic rings. The normalized spacial score (nSPS) is 20.5. The molecule has 2 aromatic rings. The molecule has 0 saturated carbocycles. The van der Waals surface area contributed by atoms with Gasteiger partial charge in [-0.25, -0.2) is 5.48 Å². The third-order valence-corrected chi connectivity index (χ3v) is 7.50. The summed E-state index contributed by atoms with van der Waals surface area (Å²) in [6.45, 7) is 6.13. The van der Waals surface area contributed by atoms with Gasteiger partial charge in [-0.3, -0.25) is 19.6 Å². The smallest absolute Gasteiger partial charge is 0.254 e. The molecule has 0 radical (unpaired) electrons. The lowest BCUT2D eigenvalue weighted by molar-refractivity contribution is -0.150. The number of rotatable bonds is 10. The van der Waals surface area contributed by atoms with Crippen LogP contribution in [0.1, 0.15) is 54.6 Å². The highest BCUT2D eigenvalue weighted by Crippen LogP contribution is 2.46. The zero-order chi connectivity index (χ0) is 25.0. The van der Waals surface area contributed by atoms with Crippen LogP contribution in [-0.2, 0) is 22.6 Å². The first kappa shape index (κ1) is 24.9. The molecule has 0 aliphatic carbocycles. The molecule has 0 bridgehead atoms. The molecule has 2 aromatic carbocycles. The van der Waals surface area contributed by atoms with Gasteiger partial charge in [-0.2, -0.15) is 0 Å². The Bertz CT molecular complexity index is 1070. The fraction of sp³-hybridized carbons (Fsp3) is 0.464. The monoisotopic (exact) mass is 477 g/mol. The Morgan fingerprint density at radius 1 is 1.03 bits per heavy atom. The minimum absolute atomic E-state index is 0.0215. The van der Waals surface area contributed by atoms with Gasteiger partial charge in [-0.15, -0.1) is 0 Å². The van der Waals surface area contributed by atoms with Gasteiger partial charge in [0.15, 0.2) is 0 Å². The lowest BCUT2D eigenvalue weighted by Gasteiger charge is -2.37. The summed E-state index contributed by atoms with van der Waals surface area (Å²) in [4.78, 5) is 43.3. The van der Waals surface area contributed by atoms with Gasteiger partial charge in [0.05, 0.1) is 11.3 Å². The molecule has 35 heavy (non-hydrogen) atoms. The molecule has 0 aromatic heterocycles. The number of carbonyl (C=O) groups is 3. The van der Waals surface area contributed by atoms with Crippen LogP contribution < -0.4 is 5.48 Å². The first-order valence-electron chi connectivity index (χ1n) is 12.5. The number of amides is 3. The maximum atomic E-state index is 13.9. The van der Waals surface area contributed by atoms with Crippen molar-refractivity contribution in [2.75, 3.05) is 19.6 Å². The summed E-state index contributed by atoms with van der Waals surface area (Å²) in [5.41, 5.74) is 3.76. The maximum Gasteiger partial charge on any atom is 0.254 e. The van der Waals surface area contributed by atoms with Crippen molar-refractivity contribution in [2.45, 2.75) is 46.1 Å². The second-order valence-electron chi connectivity index (χ2n) is 10.2. The number of nitrogens with zero attached hydrogens (tertiary/aromatic N) is 2. The first-order valence-corrected chi connectivity index (χ1v) is 12.5. The summed E-state index contributed by atoms with van der Waals surface area (Å²) in [5.74, 6) is -1.15. The van der Waals surface area contributed by atoms with Crippen LogP contribution in [0, 0.1) is 17.3 Å². The van der Waals surface area contributed by atoms with E-state index in [0.717, 1.165) is 12.0 Å². The second-order valence-corrected chi connectivity index (χ2v) is 10.2. The highest BCUT2D eigenvalue weighted by Gasteiger charge is 2.54. The average Bonchev–Trinajstić information content (AvgIpc) is 3.35. The van der Waals surface area contributed by atoms with Crippen LogP contribution in [0.25, 0.3) is 0 Å². The van der Waals surface area contributed by atoms with Crippen molar-refractivity contribution in [1.82, 2.24) is 15.3 Å². The molecular formula is C28H35N3O4. The average molecular weight is 478 g/mol. The van der Waals surface area contributed by atoms with Crippen molar-refractivity contribution in [3.8, 4) is 0 Å². The summed E-state index contributed by atoms with van der Waals surface area (Å²) in [5, 5.41) is 9.60. The van der Waals surface area contributed by atoms with Crippen LogP contribution in [0.2, 0.25) is 0 Å². The Labute approximate surface area is 207 Å². The van der Waals surface area contributed by atoms with Crippen molar-refractivity contribution in [3.63, 3.8) is 0 Å². The zero-order valence-electron chi connectivity index (χ0n) is 20.6. The summed E-state index contributed by atoms with van der Waals surface area (Å²) in [7, 11) is 0. The van der Waals surface area contributed by atoms with Crippen LogP contribution >= 0.6 is 0 Å². The van der Waals surface area contributed by atoms with Gasteiger partial charge in [-0.1, -0.05) is 62.4 Å². The minimum atomic E-state index is -0.896. The maximum absolute atomic E-state index is 13.9. The van der Waals surface area contributed by atoms with Gasteiger partial charge in [0.25, 0.3) is 5.91 Å². The molecule has 1 unspecified atom stereocenters. The van der Waals surface area contributed by atoms with Crippen LogP contribution in [0.15, 0.2) is 54.6 Å². The van der Waals surface area contributed by atoms with E-state index in [4.69, 9.17) is 0 Å². The molecule has 1 saturated heterocycles. The third kappa shape index (κ3) is 5.10. The van der Waals surface area contributed by atoms with E-state index in [1.165, 1.54) is 5.56 Å². The van der Waals surface area contributed by atoms with Crippen LogP contribution in [-0.4, -0.2) is 52.4 Å². The van der Waals surface area contributed by atoms with E-state index in [-0.39, 0.29) is 17.7 Å². The van der Waals surface area contributed by atoms with Gasteiger partial charge in [-0.05, 0) is 48.8 Å². The number of hydrogen-bond acceptors (Lipinski definition) is 4. The highest BCUT2D eigenvalue weighted by molar-refractivity contribution is 5.98. The topological polar surface area (TPSA) is 89.9 Å². The molecular weight excluding hydrogens is 442 g/mol. The summed E-state index contributed by atoms with van der Waals surface area (Å²) in [6, 6.07) is 17.6. The van der Waals surface area contributed by atoms with E-state index in [9.17, 15) is 19.6 Å². The van der Waals surface area contributed by atoms with Gasteiger partial charge in [0, 0.05) is 31.7 Å². The standard InChI is InChI=1S/C28H35N3O4/c1-20(2)18-28(14-17-30(27(28)34)15-12-21-8-4-3-5-9-21)24(25(32)29-35)13-16-31-19-22-10-6-7-11-23(22)26(31)33/h3-11,20,24,35H,12-19H2,1-2H3,(H,29,32)/t24?,28-/m1/s1. The molecule has 0 spiro atoms. The van der Waals surface area contributed by atoms with Crippen molar-refractivity contribution < 1.29 is 19.6 Å². The van der Waals surface area contributed by atoms with Gasteiger partial charge in [0.2, 0.25) is 11.8 Å². The number of nitrogens with one attached hydrogen (secondary N) is 1. The third-order valence-electron chi connectivity index (χ3n) is 7.50. The Kier molecular flexibility index (Phi) is 7.55. The number of benzene rings is 2. The molecule has 7 nitrogen and oxygen atoms in total. The van der Waals surface area contributed by atoms with E-state index in [1.54, 1.807) is 4.90 Å². The van der Waals surface area contributed by atoms with Crippen molar-refractivity contribution in [3.05, 3.63) is 71.3 Å². The summed E-state index contributed by atoms with van der Waals surface area (Å²) < 4.78 is 0. The lowest BCUT2D eigenvalue weighted by atomic mass is 9.67. The predicted molar refractivity (Wildman–Crippen MR) is 132 cm³/mol. The minimum Gasteiger partial charge on any atom is -0.342 e. The van der Waals surface area contributed by atoms with Crippen LogP contribution in [0.3, 0.4) is 0 Å². The van der Waals surface area contributed by atoms with E-state index < -0.39 is 17.2 Å². The molecule has 2 heterocycles. The SMILES string of the molecule is CC(C)C[C@@]1(C(CCN2Cc3ccccc3C2=O)C(=O)NO)CCN(CCc2ccccc2)C1=O. The predicted octanol–water partition coefficient (Wildman–Crippen LogP) is 3.66. The number of hydrogen-bond donors (Lipinski definition) is 2. The van der Waals surface area contributed by atoms with Gasteiger partial charge >= 0.3 is 0 Å². The Morgan fingerprint density at radius 2 is 1.74 bits per heavy atom. The highest BCUT2D eigenvalue weighted by atomic mass is 16.5. The Balaban J connectivity index is 1.52. The van der Waals surface area contributed by atoms with Crippen molar-refractivity contribution in [2.24, 2.45) is 17.3 Å². The van der Waals surface area contributed by atoms with E-state index in [0.29, 0.717) is 51.0 Å². The molecule has 186 valence electrons. The van der Waals surface area contributed by atoms with E-state index >= 15 is 0 Å². The molecule has 3 amide bonds. The molecule has 1 fully saturated rings. The molecule has 2 aliphatic heterocycles. The first-order chi connectivity index (χ1) is 16.9. The van der Waals surface area contributed by atoms with Crippen LogP contribution in [0.5, 0.6) is 0 Å². The van der Waals surface area contributed by atoms with E-state index in [1.807, 2.05) is 52.8 Å². The van der Waals surface area contributed by atoms with Crippen LogP contribution in [0.4, 0.5) is 0 Å². The number of fused-ring (bicyclic) bond motifs is 1. The Morgan fingerprint density at radius 3 is 2.43 bits per heavy atom. The van der Waals surface area contributed by atoms with Crippen molar-refractivity contribution >= 4 is 17.7 Å². The quantitative estimate of drug-likeness (QED) is 0.404. The number of hydroxylamine groups is 1. The number of likely N-dealkylation sites (tertiary alicyclic amines) is 1. The molecule has 7 heteroatoms. The fourth-order valence-electron chi connectivity index (χ4n) is 5.88. The number of carbonyl (C=O) groups excluding carboxylic acids is 3.